The molecule has 2 bridgehead atoms. The van der Waals surface area contributed by atoms with Gasteiger partial charge in [-0.25, -0.2) is 0 Å². The standard InChI is InChI=1S/C18H23ClN2O/c1-2-18(22)21-16-9-10-17(21)13-20(12-16)11-3-4-14-5-7-15(19)8-6-14/h3-8,16-17H,2,9-13H2,1H3/b4-3+. The number of nitrogens with zero attached hydrogens (tertiary/aromatic N) is 2. The molecule has 1 aromatic rings. The van der Waals surface area contributed by atoms with E-state index in [0.717, 1.165) is 37.5 Å². The highest BCUT2D eigenvalue weighted by molar-refractivity contribution is 6.30. The Labute approximate surface area is 137 Å². The summed E-state index contributed by atoms with van der Waals surface area (Å²) in [7, 11) is 0. The molecule has 22 heavy (non-hydrogen) atoms. The fourth-order valence-corrected chi connectivity index (χ4v) is 3.77. The molecule has 2 unspecified atom stereocenters. The molecule has 2 heterocycles. The van der Waals surface area contributed by atoms with Crippen molar-refractivity contribution in [2.45, 2.75) is 38.3 Å². The predicted molar refractivity (Wildman–Crippen MR) is 90.9 cm³/mol. The Hall–Kier alpha value is -1.32. The first-order valence-corrected chi connectivity index (χ1v) is 8.51. The molecule has 2 aliphatic heterocycles. The molecule has 2 aliphatic rings. The zero-order valence-corrected chi connectivity index (χ0v) is 13.8. The topological polar surface area (TPSA) is 23.6 Å². The second-order valence-electron chi connectivity index (χ2n) is 6.21. The molecule has 0 radical (unpaired) electrons. The van der Waals surface area contributed by atoms with Gasteiger partial charge in [0.15, 0.2) is 0 Å². The fraction of sp³-hybridized carbons (Fsp3) is 0.500. The summed E-state index contributed by atoms with van der Waals surface area (Å²) in [6.07, 6.45) is 7.30. The van der Waals surface area contributed by atoms with Crippen LogP contribution in [-0.2, 0) is 4.79 Å². The van der Waals surface area contributed by atoms with Gasteiger partial charge in [0, 0.05) is 43.2 Å². The molecule has 0 aromatic heterocycles. The molecule has 3 rings (SSSR count). The van der Waals surface area contributed by atoms with Crippen LogP contribution in [0.3, 0.4) is 0 Å². The lowest BCUT2D eigenvalue weighted by molar-refractivity contribution is -0.136. The summed E-state index contributed by atoms with van der Waals surface area (Å²) >= 11 is 5.89. The summed E-state index contributed by atoms with van der Waals surface area (Å²) in [6.45, 7) is 4.92. The van der Waals surface area contributed by atoms with Crippen molar-refractivity contribution in [1.29, 1.82) is 0 Å². The third-order valence-electron chi connectivity index (χ3n) is 4.69. The maximum absolute atomic E-state index is 12.0. The zero-order valence-electron chi connectivity index (χ0n) is 13.0. The van der Waals surface area contributed by atoms with Crippen LogP contribution in [0.4, 0.5) is 0 Å². The van der Waals surface area contributed by atoms with Crippen LogP contribution in [0.2, 0.25) is 5.02 Å². The van der Waals surface area contributed by atoms with E-state index in [2.05, 4.69) is 22.0 Å². The number of piperazine rings is 1. The van der Waals surface area contributed by atoms with Crippen molar-refractivity contribution >= 4 is 23.6 Å². The highest BCUT2D eigenvalue weighted by atomic mass is 35.5. The van der Waals surface area contributed by atoms with E-state index in [4.69, 9.17) is 11.6 Å². The van der Waals surface area contributed by atoms with E-state index in [1.165, 1.54) is 5.56 Å². The van der Waals surface area contributed by atoms with Crippen LogP contribution in [0.25, 0.3) is 6.08 Å². The molecule has 3 nitrogen and oxygen atoms in total. The highest BCUT2D eigenvalue weighted by Crippen LogP contribution is 2.30. The number of hydrogen-bond acceptors (Lipinski definition) is 2. The van der Waals surface area contributed by atoms with E-state index in [9.17, 15) is 4.79 Å². The summed E-state index contributed by atoms with van der Waals surface area (Å²) in [5, 5.41) is 0.769. The number of hydrogen-bond donors (Lipinski definition) is 0. The molecule has 2 atom stereocenters. The lowest BCUT2D eigenvalue weighted by atomic mass is 10.1. The van der Waals surface area contributed by atoms with Gasteiger partial charge in [-0.15, -0.1) is 0 Å². The van der Waals surface area contributed by atoms with Gasteiger partial charge in [0.25, 0.3) is 0 Å². The van der Waals surface area contributed by atoms with Crippen molar-refractivity contribution in [3.05, 3.63) is 40.9 Å². The molecular formula is C18H23ClN2O. The van der Waals surface area contributed by atoms with Gasteiger partial charge in [-0.05, 0) is 30.5 Å². The van der Waals surface area contributed by atoms with Gasteiger partial charge in [0.05, 0.1) is 0 Å². The minimum atomic E-state index is 0.323. The Morgan fingerprint density at radius 2 is 1.86 bits per heavy atom. The van der Waals surface area contributed by atoms with E-state index in [1.807, 2.05) is 31.2 Å². The lowest BCUT2D eigenvalue weighted by Gasteiger charge is -2.40. The fourth-order valence-electron chi connectivity index (χ4n) is 3.64. The first kappa shape index (κ1) is 15.6. The van der Waals surface area contributed by atoms with Crippen LogP contribution < -0.4 is 0 Å². The third-order valence-corrected chi connectivity index (χ3v) is 4.94. The summed E-state index contributed by atoms with van der Waals surface area (Å²) in [5.41, 5.74) is 1.17. The molecule has 1 amide bonds. The van der Waals surface area contributed by atoms with Gasteiger partial charge in [-0.3, -0.25) is 9.69 Å². The number of amides is 1. The van der Waals surface area contributed by atoms with Crippen LogP contribution in [0.15, 0.2) is 30.3 Å². The average molecular weight is 319 g/mol. The van der Waals surface area contributed by atoms with Gasteiger partial charge in [0.1, 0.15) is 0 Å². The largest absolute Gasteiger partial charge is 0.334 e. The number of rotatable bonds is 4. The maximum atomic E-state index is 12.0. The van der Waals surface area contributed by atoms with Crippen molar-refractivity contribution in [2.24, 2.45) is 0 Å². The summed E-state index contributed by atoms with van der Waals surface area (Å²) in [4.78, 5) is 16.7. The van der Waals surface area contributed by atoms with E-state index in [-0.39, 0.29) is 0 Å². The van der Waals surface area contributed by atoms with Gasteiger partial charge in [-0.2, -0.15) is 0 Å². The molecule has 0 saturated carbocycles. The Kier molecular flexibility index (Phi) is 4.84. The zero-order chi connectivity index (χ0) is 15.5. The van der Waals surface area contributed by atoms with Crippen LogP contribution in [-0.4, -0.2) is 47.4 Å². The molecule has 2 fully saturated rings. The first-order valence-electron chi connectivity index (χ1n) is 8.13. The predicted octanol–water partition coefficient (Wildman–Crippen LogP) is 3.44. The Bertz CT molecular complexity index is 541. The molecule has 118 valence electrons. The number of likely N-dealkylation sites (tertiary alicyclic amines) is 1. The molecule has 0 N–H and O–H groups in total. The van der Waals surface area contributed by atoms with Crippen molar-refractivity contribution in [2.75, 3.05) is 19.6 Å². The van der Waals surface area contributed by atoms with Crippen LogP contribution in [0, 0.1) is 0 Å². The Morgan fingerprint density at radius 1 is 1.23 bits per heavy atom. The van der Waals surface area contributed by atoms with Crippen molar-refractivity contribution in [3.63, 3.8) is 0 Å². The van der Waals surface area contributed by atoms with E-state index >= 15 is 0 Å². The molecule has 0 aliphatic carbocycles. The molecule has 4 heteroatoms. The Balaban J connectivity index is 1.55. The van der Waals surface area contributed by atoms with Crippen molar-refractivity contribution in [1.82, 2.24) is 9.80 Å². The highest BCUT2D eigenvalue weighted by Gasteiger charge is 2.41. The average Bonchev–Trinajstić information content (AvgIpc) is 2.79. The second-order valence-corrected chi connectivity index (χ2v) is 6.65. The van der Waals surface area contributed by atoms with Gasteiger partial charge < -0.3 is 4.90 Å². The van der Waals surface area contributed by atoms with E-state index in [1.54, 1.807) is 0 Å². The van der Waals surface area contributed by atoms with Gasteiger partial charge >= 0.3 is 0 Å². The minimum Gasteiger partial charge on any atom is -0.334 e. The van der Waals surface area contributed by atoms with Crippen molar-refractivity contribution < 1.29 is 4.79 Å². The lowest BCUT2D eigenvalue weighted by Crippen LogP contribution is -2.55. The van der Waals surface area contributed by atoms with Gasteiger partial charge in [0.2, 0.25) is 5.91 Å². The van der Waals surface area contributed by atoms with E-state index < -0.39 is 0 Å². The summed E-state index contributed by atoms with van der Waals surface area (Å²) in [6, 6.07) is 8.73. The second kappa shape index (κ2) is 6.84. The number of carbonyl (C=O) groups is 1. The molecular weight excluding hydrogens is 296 g/mol. The number of benzene rings is 1. The summed E-state index contributed by atoms with van der Waals surface area (Å²) < 4.78 is 0. The maximum Gasteiger partial charge on any atom is 0.222 e. The number of halogens is 1. The van der Waals surface area contributed by atoms with E-state index in [0.29, 0.717) is 24.4 Å². The number of carbonyl (C=O) groups excluding carboxylic acids is 1. The van der Waals surface area contributed by atoms with Crippen LogP contribution in [0.1, 0.15) is 31.7 Å². The molecule has 2 saturated heterocycles. The smallest absolute Gasteiger partial charge is 0.222 e. The number of fused-ring (bicyclic) bond motifs is 2. The summed E-state index contributed by atoms with van der Waals surface area (Å²) in [5.74, 6) is 0.323. The third kappa shape index (κ3) is 3.36. The minimum absolute atomic E-state index is 0.323. The first-order chi connectivity index (χ1) is 10.7. The monoisotopic (exact) mass is 318 g/mol. The normalized spacial score (nSPS) is 25.1. The SMILES string of the molecule is CCC(=O)N1C2CCC1CN(C/C=C/c1ccc(Cl)cc1)C2. The Morgan fingerprint density at radius 3 is 2.45 bits per heavy atom. The van der Waals surface area contributed by atoms with Gasteiger partial charge in [-0.1, -0.05) is 42.8 Å². The molecule has 1 aromatic carbocycles. The van der Waals surface area contributed by atoms with Crippen LogP contribution >= 0.6 is 11.6 Å². The quantitative estimate of drug-likeness (QED) is 0.849. The van der Waals surface area contributed by atoms with Crippen molar-refractivity contribution in [3.8, 4) is 0 Å². The van der Waals surface area contributed by atoms with Crippen LogP contribution in [0.5, 0.6) is 0 Å². The molecule has 0 spiro atoms.